The first kappa shape index (κ1) is 17.5. The molecule has 0 saturated carbocycles. The maximum atomic E-state index is 13.0. The standard InChI is InChI=1S/C17H19F3N4O/c1-23(9-13-10-24(2)22-15(13)17(18,19)20)16(25)14-7-11-5-3-4-6-12(11)8-21-14/h3-6,10,14,21H,7-9H2,1-2H3/t14-/m1/s1. The van der Waals surface area contributed by atoms with E-state index in [0.29, 0.717) is 13.0 Å². The lowest BCUT2D eigenvalue weighted by molar-refractivity contribution is -0.143. The predicted molar refractivity (Wildman–Crippen MR) is 85.5 cm³/mol. The highest BCUT2D eigenvalue weighted by Gasteiger charge is 2.37. The molecule has 0 bridgehead atoms. The zero-order valence-electron chi connectivity index (χ0n) is 14.0. The zero-order valence-corrected chi connectivity index (χ0v) is 14.0. The highest BCUT2D eigenvalue weighted by molar-refractivity contribution is 5.82. The second-order valence-corrected chi connectivity index (χ2v) is 6.27. The zero-order chi connectivity index (χ0) is 18.2. The molecule has 134 valence electrons. The first-order valence-corrected chi connectivity index (χ1v) is 7.90. The number of rotatable bonds is 3. The molecule has 0 fully saturated rings. The third-order valence-corrected chi connectivity index (χ3v) is 4.34. The van der Waals surface area contributed by atoms with Crippen LogP contribution in [-0.2, 0) is 37.5 Å². The number of hydrogen-bond donors (Lipinski definition) is 1. The number of hydrogen-bond acceptors (Lipinski definition) is 3. The number of fused-ring (bicyclic) bond motifs is 1. The number of carbonyl (C=O) groups is 1. The highest BCUT2D eigenvalue weighted by Crippen LogP contribution is 2.31. The van der Waals surface area contributed by atoms with Gasteiger partial charge in [0.15, 0.2) is 5.69 Å². The van der Waals surface area contributed by atoms with Gasteiger partial charge in [0.25, 0.3) is 0 Å². The Morgan fingerprint density at radius 1 is 1.36 bits per heavy atom. The van der Waals surface area contributed by atoms with Crippen molar-refractivity contribution in [3.05, 3.63) is 52.8 Å². The summed E-state index contributed by atoms with van der Waals surface area (Å²) >= 11 is 0. The van der Waals surface area contributed by atoms with Crippen LogP contribution in [0.25, 0.3) is 0 Å². The third-order valence-electron chi connectivity index (χ3n) is 4.34. The topological polar surface area (TPSA) is 50.2 Å². The molecule has 8 heteroatoms. The smallest absolute Gasteiger partial charge is 0.340 e. The monoisotopic (exact) mass is 352 g/mol. The van der Waals surface area contributed by atoms with Gasteiger partial charge in [-0.15, -0.1) is 0 Å². The number of carbonyl (C=O) groups excluding carboxylic acids is 1. The van der Waals surface area contributed by atoms with Crippen molar-refractivity contribution in [2.24, 2.45) is 7.05 Å². The molecule has 2 heterocycles. The van der Waals surface area contributed by atoms with Crippen LogP contribution < -0.4 is 5.32 Å². The Hall–Kier alpha value is -2.35. The fraction of sp³-hybridized carbons (Fsp3) is 0.412. The van der Waals surface area contributed by atoms with E-state index >= 15 is 0 Å². The van der Waals surface area contributed by atoms with Crippen molar-refractivity contribution in [1.29, 1.82) is 0 Å². The average Bonchev–Trinajstić information content (AvgIpc) is 2.94. The summed E-state index contributed by atoms with van der Waals surface area (Å²) in [5, 5.41) is 6.63. The Morgan fingerprint density at radius 3 is 2.72 bits per heavy atom. The lowest BCUT2D eigenvalue weighted by Gasteiger charge is -2.29. The molecule has 1 amide bonds. The van der Waals surface area contributed by atoms with Gasteiger partial charge in [0, 0.05) is 38.9 Å². The van der Waals surface area contributed by atoms with Gasteiger partial charge in [0.05, 0.1) is 6.04 Å². The molecule has 1 N–H and O–H groups in total. The Morgan fingerprint density at radius 2 is 2.04 bits per heavy atom. The predicted octanol–water partition coefficient (Wildman–Crippen LogP) is 2.11. The first-order valence-electron chi connectivity index (χ1n) is 7.90. The van der Waals surface area contributed by atoms with E-state index in [-0.39, 0.29) is 18.0 Å². The van der Waals surface area contributed by atoms with E-state index in [0.717, 1.165) is 15.8 Å². The van der Waals surface area contributed by atoms with E-state index in [1.54, 1.807) is 0 Å². The Labute approximate surface area is 143 Å². The SMILES string of the molecule is CN(Cc1cn(C)nc1C(F)(F)F)C(=O)[C@H]1Cc2ccccc2CN1. The van der Waals surface area contributed by atoms with Crippen molar-refractivity contribution < 1.29 is 18.0 Å². The van der Waals surface area contributed by atoms with Crippen molar-refractivity contribution in [3.63, 3.8) is 0 Å². The summed E-state index contributed by atoms with van der Waals surface area (Å²) in [6, 6.07) is 7.39. The average molecular weight is 352 g/mol. The second kappa shape index (κ2) is 6.51. The van der Waals surface area contributed by atoms with Crippen LogP contribution >= 0.6 is 0 Å². The normalized spacial score (nSPS) is 17.2. The molecular weight excluding hydrogens is 333 g/mol. The largest absolute Gasteiger partial charge is 0.435 e. The summed E-state index contributed by atoms with van der Waals surface area (Å²) in [6.07, 6.45) is -2.71. The molecule has 1 atom stereocenters. The molecule has 5 nitrogen and oxygen atoms in total. The van der Waals surface area contributed by atoms with Gasteiger partial charge in [-0.05, 0) is 17.5 Å². The van der Waals surface area contributed by atoms with Gasteiger partial charge in [-0.25, -0.2) is 0 Å². The number of aromatic nitrogens is 2. The minimum atomic E-state index is -4.54. The minimum Gasteiger partial charge on any atom is -0.340 e. The molecule has 2 aromatic rings. The van der Waals surface area contributed by atoms with Crippen LogP contribution in [0.2, 0.25) is 0 Å². The summed E-state index contributed by atoms with van der Waals surface area (Å²) in [5.74, 6) is -0.230. The number of halogens is 3. The van der Waals surface area contributed by atoms with Crippen LogP contribution in [0, 0.1) is 0 Å². The minimum absolute atomic E-state index is 0.0120. The summed E-state index contributed by atoms with van der Waals surface area (Å²) in [5.41, 5.74) is 1.27. The molecule has 1 aromatic carbocycles. The van der Waals surface area contributed by atoms with Crippen molar-refractivity contribution in [2.45, 2.75) is 31.7 Å². The van der Waals surface area contributed by atoms with Crippen LogP contribution in [0.5, 0.6) is 0 Å². The molecular formula is C17H19F3N4O. The van der Waals surface area contributed by atoms with E-state index in [1.807, 2.05) is 24.3 Å². The van der Waals surface area contributed by atoms with Crippen LogP contribution in [0.4, 0.5) is 13.2 Å². The molecule has 0 unspecified atom stereocenters. The maximum Gasteiger partial charge on any atom is 0.435 e. The lowest BCUT2D eigenvalue weighted by Crippen LogP contribution is -2.48. The lowest BCUT2D eigenvalue weighted by atomic mass is 9.95. The second-order valence-electron chi connectivity index (χ2n) is 6.27. The maximum absolute atomic E-state index is 13.0. The van der Waals surface area contributed by atoms with E-state index in [1.165, 1.54) is 25.2 Å². The summed E-state index contributed by atoms with van der Waals surface area (Å²) in [7, 11) is 2.94. The fourth-order valence-electron chi connectivity index (χ4n) is 3.12. The van der Waals surface area contributed by atoms with Crippen molar-refractivity contribution in [3.8, 4) is 0 Å². The Balaban J connectivity index is 1.72. The van der Waals surface area contributed by atoms with Gasteiger partial charge in [-0.1, -0.05) is 24.3 Å². The van der Waals surface area contributed by atoms with Gasteiger partial charge in [0.1, 0.15) is 0 Å². The summed E-state index contributed by atoms with van der Waals surface area (Å²) < 4.78 is 40.2. The molecule has 0 radical (unpaired) electrons. The molecule has 1 aliphatic rings. The van der Waals surface area contributed by atoms with Crippen molar-refractivity contribution in [1.82, 2.24) is 20.0 Å². The number of nitrogens with zero attached hydrogens (tertiary/aromatic N) is 3. The molecule has 25 heavy (non-hydrogen) atoms. The van der Waals surface area contributed by atoms with Crippen molar-refractivity contribution in [2.75, 3.05) is 7.05 Å². The molecule has 1 aromatic heterocycles. The quantitative estimate of drug-likeness (QED) is 0.921. The third kappa shape index (κ3) is 3.68. The number of amides is 1. The van der Waals surface area contributed by atoms with Crippen LogP contribution in [-0.4, -0.2) is 33.7 Å². The molecule has 0 spiro atoms. The number of benzene rings is 1. The molecule has 1 aliphatic heterocycles. The van der Waals surface area contributed by atoms with Gasteiger partial charge in [-0.3, -0.25) is 9.48 Å². The van der Waals surface area contributed by atoms with Gasteiger partial charge < -0.3 is 10.2 Å². The van der Waals surface area contributed by atoms with Crippen LogP contribution in [0.15, 0.2) is 30.5 Å². The Kier molecular flexibility index (Phi) is 4.55. The fourth-order valence-corrected chi connectivity index (χ4v) is 3.12. The van der Waals surface area contributed by atoms with Gasteiger partial charge >= 0.3 is 6.18 Å². The molecule has 3 rings (SSSR count). The van der Waals surface area contributed by atoms with Crippen LogP contribution in [0.1, 0.15) is 22.4 Å². The highest BCUT2D eigenvalue weighted by atomic mass is 19.4. The number of alkyl halides is 3. The van der Waals surface area contributed by atoms with Crippen LogP contribution in [0.3, 0.4) is 0 Å². The van der Waals surface area contributed by atoms with E-state index in [2.05, 4.69) is 10.4 Å². The van der Waals surface area contributed by atoms with Crippen molar-refractivity contribution >= 4 is 5.91 Å². The number of likely N-dealkylation sites (N-methyl/N-ethyl adjacent to an activating group) is 1. The summed E-state index contributed by atoms with van der Waals surface area (Å²) in [4.78, 5) is 14.0. The van der Waals surface area contributed by atoms with Gasteiger partial charge in [-0.2, -0.15) is 18.3 Å². The molecule has 0 aliphatic carbocycles. The number of aryl methyl sites for hydroxylation is 1. The first-order chi connectivity index (χ1) is 11.8. The number of nitrogens with one attached hydrogen (secondary N) is 1. The van der Waals surface area contributed by atoms with E-state index in [9.17, 15) is 18.0 Å². The van der Waals surface area contributed by atoms with E-state index in [4.69, 9.17) is 0 Å². The Bertz CT molecular complexity index is 784. The summed E-state index contributed by atoms with van der Waals surface area (Å²) in [6.45, 7) is 0.433. The van der Waals surface area contributed by atoms with Gasteiger partial charge in [0.2, 0.25) is 5.91 Å². The van der Waals surface area contributed by atoms with E-state index < -0.39 is 17.9 Å². The molecule has 0 saturated heterocycles.